The predicted octanol–water partition coefficient (Wildman–Crippen LogP) is 4.53. The van der Waals surface area contributed by atoms with Gasteiger partial charge in [-0.2, -0.15) is 0 Å². The van der Waals surface area contributed by atoms with Gasteiger partial charge in [0.05, 0.1) is 22.9 Å². The zero-order chi connectivity index (χ0) is 26.6. The Balaban J connectivity index is 1.47. The summed E-state index contributed by atoms with van der Waals surface area (Å²) in [5.74, 6) is -1.13. The minimum Gasteiger partial charge on any atom is -0.381 e. The Morgan fingerprint density at radius 2 is 1.76 bits per heavy atom. The maximum atomic E-state index is 14.7. The van der Waals surface area contributed by atoms with E-state index in [2.05, 4.69) is 15.5 Å². The van der Waals surface area contributed by atoms with Crippen LogP contribution in [0.5, 0.6) is 0 Å². The smallest absolute Gasteiger partial charge is 0.266 e. The molecule has 1 aliphatic heterocycles. The van der Waals surface area contributed by atoms with E-state index in [1.54, 1.807) is 0 Å². The number of likely N-dealkylation sites (tertiary alicyclic amines) is 1. The van der Waals surface area contributed by atoms with Crippen LogP contribution in [0.25, 0.3) is 0 Å². The molecule has 37 heavy (non-hydrogen) atoms. The molecule has 0 bridgehead atoms. The van der Waals surface area contributed by atoms with Gasteiger partial charge in [0.15, 0.2) is 0 Å². The highest BCUT2D eigenvalue weighted by Crippen LogP contribution is 2.47. The number of nitrogens with one attached hydrogen (secondary N) is 2. The lowest BCUT2D eigenvalue weighted by Gasteiger charge is -2.42. The summed E-state index contributed by atoms with van der Waals surface area (Å²) in [6.45, 7) is 3.18. The van der Waals surface area contributed by atoms with Crippen LogP contribution in [0.1, 0.15) is 60.1 Å². The molecule has 2 aromatic rings. The van der Waals surface area contributed by atoms with Crippen molar-refractivity contribution in [3.05, 3.63) is 63.3 Å². The van der Waals surface area contributed by atoms with Crippen molar-refractivity contribution >= 4 is 11.6 Å². The molecule has 3 fully saturated rings. The monoisotopic (exact) mass is 524 g/mol. The van der Waals surface area contributed by atoms with Gasteiger partial charge >= 0.3 is 0 Å². The highest BCUT2D eigenvalue weighted by Gasteiger charge is 2.55. The van der Waals surface area contributed by atoms with Crippen LogP contribution >= 0.6 is 0 Å². The lowest BCUT2D eigenvalue weighted by molar-refractivity contribution is -0.0504. The number of carbonyl (C=O) groups is 1. The van der Waals surface area contributed by atoms with Crippen LogP contribution in [0.15, 0.2) is 35.3 Å². The molecular formula is C26H29F5N4O2. The summed E-state index contributed by atoms with van der Waals surface area (Å²) in [5.41, 5.74) is -3.01. The van der Waals surface area contributed by atoms with Crippen LogP contribution in [0, 0.1) is 17.7 Å². The number of fused-ring (bicyclic) bond motifs is 1. The van der Waals surface area contributed by atoms with Crippen molar-refractivity contribution < 1.29 is 26.7 Å². The summed E-state index contributed by atoms with van der Waals surface area (Å²) in [7, 11) is 2.01. The van der Waals surface area contributed by atoms with Crippen molar-refractivity contribution in [3.8, 4) is 0 Å². The number of hydrogen-bond donors (Lipinski definition) is 2. The largest absolute Gasteiger partial charge is 0.381 e. The SMILES string of the molecule is CC(NC(=O)c1cn(C2(C(F)F)CCC2)c(=O)cc1NC1[C@H]2CN(C)C[C@@H]12)c1cccc(C(F)F)c1F. The van der Waals surface area contributed by atoms with Crippen LogP contribution in [0.2, 0.25) is 0 Å². The average Bonchev–Trinajstić information content (AvgIpc) is 3.24. The maximum absolute atomic E-state index is 14.7. The van der Waals surface area contributed by atoms with E-state index >= 15 is 0 Å². The van der Waals surface area contributed by atoms with Gasteiger partial charge < -0.3 is 20.1 Å². The van der Waals surface area contributed by atoms with Crippen molar-refractivity contribution in [1.29, 1.82) is 0 Å². The first kappa shape index (κ1) is 25.7. The zero-order valence-electron chi connectivity index (χ0n) is 20.5. The van der Waals surface area contributed by atoms with Crippen LogP contribution < -0.4 is 16.2 Å². The molecule has 200 valence electrons. The fraction of sp³-hybridized carbons (Fsp3) is 0.538. The number of piperidine rings is 1. The van der Waals surface area contributed by atoms with Gasteiger partial charge in [0.2, 0.25) is 0 Å². The molecule has 4 atom stereocenters. The van der Waals surface area contributed by atoms with Crippen molar-refractivity contribution in [3.63, 3.8) is 0 Å². The van der Waals surface area contributed by atoms with E-state index in [1.165, 1.54) is 25.1 Å². The highest BCUT2D eigenvalue weighted by molar-refractivity contribution is 5.99. The van der Waals surface area contributed by atoms with E-state index in [4.69, 9.17) is 0 Å². The second kappa shape index (κ2) is 9.41. The third kappa shape index (κ3) is 4.41. The molecular weight excluding hydrogens is 495 g/mol. The Labute approximate surface area is 210 Å². The number of anilines is 1. The molecule has 1 saturated heterocycles. The first-order valence-electron chi connectivity index (χ1n) is 12.4. The van der Waals surface area contributed by atoms with E-state index in [-0.39, 0.29) is 35.7 Å². The quantitative estimate of drug-likeness (QED) is 0.498. The number of nitrogens with zero attached hydrogens (tertiary/aromatic N) is 2. The lowest BCUT2D eigenvalue weighted by atomic mass is 9.76. The lowest BCUT2D eigenvalue weighted by Crippen LogP contribution is -2.51. The van der Waals surface area contributed by atoms with Gasteiger partial charge in [-0.3, -0.25) is 9.59 Å². The molecule has 2 N–H and O–H groups in total. The number of pyridine rings is 1. The van der Waals surface area contributed by atoms with Crippen molar-refractivity contribution in [2.75, 3.05) is 25.5 Å². The van der Waals surface area contributed by atoms with Gasteiger partial charge in [-0.1, -0.05) is 18.2 Å². The van der Waals surface area contributed by atoms with Crippen molar-refractivity contribution in [1.82, 2.24) is 14.8 Å². The fourth-order valence-electron chi connectivity index (χ4n) is 5.84. The summed E-state index contributed by atoms with van der Waals surface area (Å²) in [6.07, 6.45) is -3.90. The number of benzene rings is 1. The first-order valence-corrected chi connectivity index (χ1v) is 12.4. The maximum Gasteiger partial charge on any atom is 0.266 e. The second-order valence-electron chi connectivity index (χ2n) is 10.5. The zero-order valence-corrected chi connectivity index (χ0v) is 20.5. The Bertz CT molecular complexity index is 1250. The van der Waals surface area contributed by atoms with Gasteiger partial charge in [0, 0.05) is 37.0 Å². The van der Waals surface area contributed by atoms with Gasteiger partial charge in [0.25, 0.3) is 24.3 Å². The van der Waals surface area contributed by atoms with Crippen LogP contribution in [-0.4, -0.2) is 48.0 Å². The topological polar surface area (TPSA) is 66.4 Å². The number of aromatic nitrogens is 1. The van der Waals surface area contributed by atoms with Crippen LogP contribution in [0.4, 0.5) is 27.6 Å². The molecule has 1 aromatic carbocycles. The average molecular weight is 525 g/mol. The molecule has 1 amide bonds. The van der Waals surface area contributed by atoms with Crippen molar-refractivity contribution in [2.24, 2.45) is 11.8 Å². The van der Waals surface area contributed by atoms with E-state index < -0.39 is 47.3 Å². The number of hydrogen-bond acceptors (Lipinski definition) is 4. The number of alkyl halides is 4. The predicted molar refractivity (Wildman–Crippen MR) is 128 cm³/mol. The van der Waals surface area contributed by atoms with Crippen LogP contribution in [-0.2, 0) is 5.54 Å². The number of rotatable bonds is 8. The number of amides is 1. The molecule has 0 spiro atoms. The standard InChI is InChI=1S/C26H29F5N4O2/c1-13(14-5-3-6-15(21(14)27)23(28)29)32-24(37)18-12-35(26(25(30)31)7-4-8-26)20(36)9-19(18)33-22-16-10-34(2)11-17(16)22/h3,5-6,9,12-13,16-17,22-23,25,33H,4,7-8,10-11H2,1-2H3,(H,32,37)/t13?,16-,17+,22?. The molecule has 1 aromatic heterocycles. The minimum atomic E-state index is -3.02. The fourth-order valence-corrected chi connectivity index (χ4v) is 5.84. The molecule has 3 aliphatic rings. The van der Waals surface area contributed by atoms with E-state index in [1.807, 2.05) is 7.05 Å². The number of halogens is 5. The van der Waals surface area contributed by atoms with Gasteiger partial charge in [-0.15, -0.1) is 0 Å². The Kier molecular flexibility index (Phi) is 6.54. The molecule has 6 nitrogen and oxygen atoms in total. The van der Waals surface area contributed by atoms with Gasteiger partial charge in [-0.25, -0.2) is 22.0 Å². The molecule has 2 aliphatic carbocycles. The summed E-state index contributed by atoms with van der Waals surface area (Å²) in [4.78, 5) is 28.6. The Morgan fingerprint density at radius 3 is 2.32 bits per heavy atom. The Morgan fingerprint density at radius 1 is 1.11 bits per heavy atom. The molecule has 0 radical (unpaired) electrons. The normalized spacial score (nSPS) is 25.1. The van der Waals surface area contributed by atoms with E-state index in [9.17, 15) is 31.5 Å². The molecule has 2 saturated carbocycles. The third-order valence-electron chi connectivity index (χ3n) is 8.21. The molecule has 2 unspecified atom stereocenters. The molecule has 11 heteroatoms. The highest BCUT2D eigenvalue weighted by atomic mass is 19.3. The van der Waals surface area contributed by atoms with Gasteiger partial charge in [-0.05, 0) is 45.1 Å². The van der Waals surface area contributed by atoms with E-state index in [0.29, 0.717) is 18.3 Å². The minimum absolute atomic E-state index is 0.0258. The summed E-state index contributed by atoms with van der Waals surface area (Å²) in [6, 6.07) is 3.78. The molecule has 5 rings (SSSR count). The second-order valence-corrected chi connectivity index (χ2v) is 10.5. The van der Waals surface area contributed by atoms with Crippen molar-refractivity contribution in [2.45, 2.75) is 56.7 Å². The van der Waals surface area contributed by atoms with Gasteiger partial charge in [0.1, 0.15) is 11.4 Å². The first-order chi connectivity index (χ1) is 17.5. The number of carbonyl (C=O) groups excluding carboxylic acids is 1. The van der Waals surface area contributed by atoms with E-state index in [0.717, 1.165) is 29.9 Å². The summed E-state index contributed by atoms with van der Waals surface area (Å²) in [5, 5.41) is 5.86. The third-order valence-corrected chi connectivity index (χ3v) is 8.21. The van der Waals surface area contributed by atoms with Crippen LogP contribution in [0.3, 0.4) is 0 Å². The molecule has 2 heterocycles. The Hall–Kier alpha value is -2.95. The summed E-state index contributed by atoms with van der Waals surface area (Å²) >= 11 is 0. The summed E-state index contributed by atoms with van der Waals surface area (Å²) < 4.78 is 70.1.